The highest BCUT2D eigenvalue weighted by atomic mass is 35.5. The van der Waals surface area contributed by atoms with Crippen molar-refractivity contribution in [2.24, 2.45) is 0 Å². The van der Waals surface area contributed by atoms with Gasteiger partial charge in [0, 0.05) is 25.8 Å². The third-order valence-electron chi connectivity index (χ3n) is 4.21. The van der Waals surface area contributed by atoms with E-state index in [9.17, 15) is 13.5 Å². The molecule has 0 aliphatic carbocycles. The Morgan fingerprint density at radius 3 is 2.79 bits per heavy atom. The molecular weight excluding hydrogens is 348 g/mol. The lowest BCUT2D eigenvalue weighted by molar-refractivity contribution is 0.182. The van der Waals surface area contributed by atoms with E-state index < -0.39 is 16.1 Å². The lowest BCUT2D eigenvalue weighted by atomic mass is 10.0. The highest BCUT2D eigenvalue weighted by Crippen LogP contribution is 2.29. The van der Waals surface area contributed by atoms with E-state index in [1.165, 1.54) is 17.7 Å². The molecule has 0 amide bonds. The summed E-state index contributed by atoms with van der Waals surface area (Å²) in [6, 6.07) is 11.9. The van der Waals surface area contributed by atoms with Crippen LogP contribution in [0.2, 0.25) is 5.02 Å². The van der Waals surface area contributed by atoms with Crippen molar-refractivity contribution >= 4 is 27.3 Å². The molecule has 0 radical (unpaired) electrons. The zero-order chi connectivity index (χ0) is 17.3. The number of benzene rings is 2. The minimum Gasteiger partial charge on any atom is -0.387 e. The number of sulfonamides is 1. The number of aliphatic hydroxyl groups is 1. The van der Waals surface area contributed by atoms with E-state index in [0.717, 1.165) is 18.7 Å². The van der Waals surface area contributed by atoms with Crippen LogP contribution in [0.5, 0.6) is 0 Å². The zero-order valence-electron chi connectivity index (χ0n) is 13.2. The lowest BCUT2D eigenvalue weighted by Crippen LogP contribution is -2.28. The molecule has 1 heterocycles. The summed E-state index contributed by atoms with van der Waals surface area (Å²) in [6.07, 6.45) is 0.0102. The lowest BCUT2D eigenvalue weighted by Gasteiger charge is -2.16. The van der Waals surface area contributed by atoms with Gasteiger partial charge in [-0.15, -0.1) is 0 Å². The second-order valence-electron chi connectivity index (χ2n) is 5.86. The molecule has 1 aliphatic rings. The second-order valence-corrected chi connectivity index (χ2v) is 8.00. The normalized spacial score (nSPS) is 15.4. The number of likely N-dealkylation sites (N-methyl/N-ethyl adjacent to an activating group) is 1. The monoisotopic (exact) mass is 366 g/mol. The quantitative estimate of drug-likeness (QED) is 0.852. The van der Waals surface area contributed by atoms with Gasteiger partial charge in [0.05, 0.1) is 11.1 Å². The summed E-state index contributed by atoms with van der Waals surface area (Å²) >= 11 is 5.93. The Morgan fingerprint density at radius 2 is 2.04 bits per heavy atom. The first-order valence-corrected chi connectivity index (χ1v) is 9.51. The van der Waals surface area contributed by atoms with E-state index in [0.29, 0.717) is 5.56 Å². The summed E-state index contributed by atoms with van der Waals surface area (Å²) in [5, 5.41) is 10.5. The number of halogens is 1. The molecule has 3 rings (SSSR count). The molecule has 0 fully saturated rings. The van der Waals surface area contributed by atoms with Crippen molar-refractivity contribution in [3.63, 3.8) is 0 Å². The van der Waals surface area contributed by atoms with Gasteiger partial charge >= 0.3 is 0 Å². The number of nitrogens with one attached hydrogen (secondary N) is 1. The summed E-state index contributed by atoms with van der Waals surface area (Å²) in [7, 11) is -1.74. The number of hydrogen-bond acceptors (Lipinski definition) is 4. The summed E-state index contributed by atoms with van der Waals surface area (Å²) in [4.78, 5) is 2.17. The van der Waals surface area contributed by atoms with Crippen molar-refractivity contribution in [1.29, 1.82) is 0 Å². The largest absolute Gasteiger partial charge is 0.387 e. The predicted molar refractivity (Wildman–Crippen MR) is 95.0 cm³/mol. The van der Waals surface area contributed by atoms with E-state index in [1.807, 2.05) is 25.2 Å². The number of rotatable bonds is 5. The molecule has 7 heteroatoms. The first kappa shape index (κ1) is 17.2. The number of fused-ring (bicyclic) bond motifs is 1. The van der Waals surface area contributed by atoms with Crippen molar-refractivity contribution in [2.45, 2.75) is 17.4 Å². The van der Waals surface area contributed by atoms with Gasteiger partial charge in [0.25, 0.3) is 0 Å². The van der Waals surface area contributed by atoms with Crippen LogP contribution in [0.1, 0.15) is 17.2 Å². The highest BCUT2D eigenvalue weighted by molar-refractivity contribution is 7.89. The van der Waals surface area contributed by atoms with Gasteiger partial charge in [0.1, 0.15) is 4.90 Å². The van der Waals surface area contributed by atoms with Crippen molar-refractivity contribution in [1.82, 2.24) is 4.72 Å². The Labute approximate surface area is 146 Å². The van der Waals surface area contributed by atoms with Gasteiger partial charge in [-0.3, -0.25) is 0 Å². The molecule has 5 nitrogen and oxygen atoms in total. The summed E-state index contributed by atoms with van der Waals surface area (Å²) in [6.45, 7) is 0.843. The van der Waals surface area contributed by atoms with E-state index in [2.05, 4.69) is 9.62 Å². The Kier molecular flexibility index (Phi) is 4.83. The van der Waals surface area contributed by atoms with E-state index in [4.69, 9.17) is 11.6 Å². The van der Waals surface area contributed by atoms with Crippen LogP contribution in [0.25, 0.3) is 0 Å². The summed E-state index contributed by atoms with van der Waals surface area (Å²) in [5.41, 5.74) is 3.02. The minimum atomic E-state index is -3.76. The Hall–Kier alpha value is -1.60. The molecule has 2 N–H and O–H groups in total. The summed E-state index contributed by atoms with van der Waals surface area (Å²) < 4.78 is 27.0. The number of nitrogens with zero attached hydrogens (tertiary/aromatic N) is 1. The molecule has 2 aromatic rings. The molecule has 2 aromatic carbocycles. The van der Waals surface area contributed by atoms with Crippen molar-refractivity contribution in [2.75, 3.05) is 25.0 Å². The molecule has 0 saturated carbocycles. The van der Waals surface area contributed by atoms with Gasteiger partial charge in [-0.05, 0) is 35.7 Å². The standard InChI is InChI=1S/C17H19ClN2O3S/c1-20-9-8-12-10-13(6-7-15(12)20)16(21)11-19-24(22,23)17-5-3-2-4-14(17)18/h2-7,10,16,19,21H,8-9,11H2,1H3/t16-/m0/s1. The van der Waals surface area contributed by atoms with Gasteiger partial charge in [0.15, 0.2) is 0 Å². The molecular formula is C17H19ClN2O3S. The maximum absolute atomic E-state index is 12.3. The zero-order valence-corrected chi connectivity index (χ0v) is 14.8. The highest BCUT2D eigenvalue weighted by Gasteiger charge is 2.21. The molecule has 1 aliphatic heterocycles. The Bertz CT molecular complexity index is 855. The first-order chi connectivity index (χ1) is 11.4. The van der Waals surface area contributed by atoms with Crippen molar-refractivity contribution < 1.29 is 13.5 Å². The topological polar surface area (TPSA) is 69.6 Å². The molecule has 0 bridgehead atoms. The van der Waals surface area contributed by atoms with E-state index in [-0.39, 0.29) is 16.5 Å². The fraction of sp³-hybridized carbons (Fsp3) is 0.294. The van der Waals surface area contributed by atoms with Crippen LogP contribution in [-0.4, -0.2) is 33.7 Å². The smallest absolute Gasteiger partial charge is 0.242 e. The third kappa shape index (κ3) is 3.42. The Morgan fingerprint density at radius 1 is 1.29 bits per heavy atom. The maximum atomic E-state index is 12.3. The Balaban J connectivity index is 1.72. The van der Waals surface area contributed by atoms with Gasteiger partial charge in [-0.1, -0.05) is 35.9 Å². The molecule has 0 spiro atoms. The van der Waals surface area contributed by atoms with Crippen molar-refractivity contribution in [3.8, 4) is 0 Å². The van der Waals surface area contributed by atoms with Crippen molar-refractivity contribution in [3.05, 3.63) is 58.6 Å². The second kappa shape index (κ2) is 6.72. The van der Waals surface area contributed by atoms with Gasteiger partial charge in [0.2, 0.25) is 10.0 Å². The summed E-state index contributed by atoms with van der Waals surface area (Å²) in [5.74, 6) is 0. The number of aliphatic hydroxyl groups excluding tert-OH is 1. The van der Waals surface area contributed by atoms with Crippen LogP contribution in [0.3, 0.4) is 0 Å². The van der Waals surface area contributed by atoms with Crippen LogP contribution in [-0.2, 0) is 16.4 Å². The fourth-order valence-electron chi connectivity index (χ4n) is 2.84. The van der Waals surface area contributed by atoms with Crippen LogP contribution in [0.15, 0.2) is 47.4 Å². The van der Waals surface area contributed by atoms with Gasteiger partial charge in [-0.2, -0.15) is 0 Å². The molecule has 24 heavy (non-hydrogen) atoms. The first-order valence-electron chi connectivity index (χ1n) is 7.65. The minimum absolute atomic E-state index is 0.00875. The van der Waals surface area contributed by atoms with Crippen LogP contribution >= 0.6 is 11.6 Å². The van der Waals surface area contributed by atoms with Crippen LogP contribution in [0.4, 0.5) is 5.69 Å². The molecule has 0 saturated heterocycles. The fourth-order valence-corrected chi connectivity index (χ4v) is 4.40. The molecule has 128 valence electrons. The predicted octanol–water partition coefficient (Wildman–Crippen LogP) is 2.34. The third-order valence-corrected chi connectivity index (χ3v) is 6.13. The average molecular weight is 367 g/mol. The van der Waals surface area contributed by atoms with Gasteiger partial charge < -0.3 is 10.0 Å². The SMILES string of the molecule is CN1CCc2cc([C@@H](O)CNS(=O)(=O)c3ccccc3Cl)ccc21. The van der Waals surface area contributed by atoms with Gasteiger partial charge in [-0.25, -0.2) is 13.1 Å². The molecule has 0 aromatic heterocycles. The molecule has 0 unspecified atom stereocenters. The molecule has 1 atom stereocenters. The van der Waals surface area contributed by atoms with Crippen LogP contribution < -0.4 is 9.62 Å². The van der Waals surface area contributed by atoms with E-state index >= 15 is 0 Å². The maximum Gasteiger partial charge on any atom is 0.242 e. The average Bonchev–Trinajstić information content (AvgIpc) is 2.93. The van der Waals surface area contributed by atoms with E-state index in [1.54, 1.807) is 12.1 Å². The van der Waals surface area contributed by atoms with Crippen LogP contribution in [0, 0.1) is 0 Å². The number of anilines is 1. The number of hydrogen-bond donors (Lipinski definition) is 2.